The van der Waals surface area contributed by atoms with Crippen LogP contribution in [0.3, 0.4) is 0 Å². The van der Waals surface area contributed by atoms with Crippen LogP contribution in [-0.4, -0.2) is 14.7 Å². The Hall–Kier alpha value is -2.41. The Morgan fingerprint density at radius 1 is 1.14 bits per heavy atom. The monoisotopic (exact) mass is 327 g/mol. The van der Waals surface area contributed by atoms with Gasteiger partial charge in [-0.2, -0.15) is 13.2 Å². The quantitative estimate of drug-likeness (QED) is 0.710. The summed E-state index contributed by atoms with van der Waals surface area (Å²) in [5.74, 6) is -0.165. The number of hydrogen-bond donors (Lipinski definition) is 2. The standard InChI is InChI=1S/C14H9ClF3N3O/c15-8-2-4-12(22)11(6-8)21-10-3-1-7(14(16,17)18)5-9(10)20-13(21)19/h1-6,22H,(H2,19,20). The summed E-state index contributed by atoms with van der Waals surface area (Å²) in [6.45, 7) is 0. The second kappa shape index (κ2) is 4.81. The van der Waals surface area contributed by atoms with Crippen LogP contribution in [0.1, 0.15) is 5.56 Å². The smallest absolute Gasteiger partial charge is 0.416 e. The van der Waals surface area contributed by atoms with E-state index in [-0.39, 0.29) is 22.9 Å². The number of alkyl halides is 3. The average molecular weight is 328 g/mol. The van der Waals surface area contributed by atoms with E-state index in [1.165, 1.54) is 28.8 Å². The Labute approximate surface area is 127 Å². The molecule has 0 aliphatic heterocycles. The van der Waals surface area contributed by atoms with Gasteiger partial charge < -0.3 is 10.8 Å². The lowest BCUT2D eigenvalue weighted by atomic mass is 10.2. The van der Waals surface area contributed by atoms with E-state index in [0.717, 1.165) is 12.1 Å². The number of halogens is 4. The van der Waals surface area contributed by atoms with Crippen LogP contribution in [0.5, 0.6) is 5.75 Å². The molecule has 0 saturated carbocycles. The van der Waals surface area contributed by atoms with Gasteiger partial charge in [0.05, 0.1) is 22.3 Å². The van der Waals surface area contributed by atoms with Crippen LogP contribution in [0.15, 0.2) is 36.4 Å². The van der Waals surface area contributed by atoms with Crippen molar-refractivity contribution in [3.05, 3.63) is 47.0 Å². The molecule has 0 unspecified atom stereocenters. The number of phenols is 1. The minimum atomic E-state index is -4.47. The van der Waals surface area contributed by atoms with Crippen LogP contribution >= 0.6 is 11.6 Å². The molecule has 0 spiro atoms. The molecule has 0 bridgehead atoms. The summed E-state index contributed by atoms with van der Waals surface area (Å²) in [6, 6.07) is 7.39. The predicted octanol–water partition coefficient (Wildman–Crippen LogP) is 3.99. The molecule has 0 radical (unpaired) electrons. The summed E-state index contributed by atoms with van der Waals surface area (Å²) in [6.07, 6.45) is -4.47. The van der Waals surface area contributed by atoms with Gasteiger partial charge in [-0.1, -0.05) is 11.6 Å². The number of aromatic nitrogens is 2. The van der Waals surface area contributed by atoms with E-state index in [2.05, 4.69) is 4.98 Å². The first-order valence-corrected chi connectivity index (χ1v) is 6.49. The first-order valence-electron chi connectivity index (χ1n) is 6.11. The molecule has 0 amide bonds. The second-order valence-electron chi connectivity index (χ2n) is 4.64. The van der Waals surface area contributed by atoms with Crippen LogP contribution in [-0.2, 0) is 6.18 Å². The zero-order chi connectivity index (χ0) is 16.1. The molecule has 8 heteroatoms. The van der Waals surface area contributed by atoms with Crippen molar-refractivity contribution >= 4 is 28.6 Å². The number of nitrogen functional groups attached to an aromatic ring is 1. The predicted molar refractivity (Wildman–Crippen MR) is 77.2 cm³/mol. The minimum Gasteiger partial charge on any atom is -0.506 e. The van der Waals surface area contributed by atoms with E-state index in [1.54, 1.807) is 0 Å². The molecule has 0 atom stereocenters. The molecule has 0 saturated heterocycles. The topological polar surface area (TPSA) is 64.1 Å². The third-order valence-corrected chi connectivity index (χ3v) is 3.42. The van der Waals surface area contributed by atoms with Gasteiger partial charge in [-0.25, -0.2) is 4.98 Å². The number of aromatic hydroxyl groups is 1. The van der Waals surface area contributed by atoms with Crippen molar-refractivity contribution in [3.8, 4) is 11.4 Å². The fourth-order valence-corrected chi connectivity index (χ4v) is 2.37. The van der Waals surface area contributed by atoms with Gasteiger partial charge in [-0.3, -0.25) is 4.57 Å². The number of nitrogens with two attached hydrogens (primary N) is 1. The highest BCUT2D eigenvalue weighted by Crippen LogP contribution is 2.34. The van der Waals surface area contributed by atoms with Gasteiger partial charge >= 0.3 is 6.18 Å². The lowest BCUT2D eigenvalue weighted by Gasteiger charge is -2.10. The van der Waals surface area contributed by atoms with E-state index in [9.17, 15) is 18.3 Å². The lowest BCUT2D eigenvalue weighted by Crippen LogP contribution is -2.04. The van der Waals surface area contributed by atoms with Crippen LogP contribution in [0, 0.1) is 0 Å². The third kappa shape index (κ3) is 2.33. The Balaban J connectivity index is 2.27. The zero-order valence-electron chi connectivity index (χ0n) is 10.9. The molecular weight excluding hydrogens is 319 g/mol. The number of anilines is 1. The Bertz CT molecular complexity index is 874. The van der Waals surface area contributed by atoms with E-state index in [1.807, 2.05) is 0 Å². The number of phenolic OH excluding ortho intramolecular Hbond substituents is 1. The summed E-state index contributed by atoms with van der Waals surface area (Å²) < 4.78 is 39.6. The number of fused-ring (bicyclic) bond motifs is 1. The third-order valence-electron chi connectivity index (χ3n) is 3.19. The highest BCUT2D eigenvalue weighted by Gasteiger charge is 2.31. The number of nitrogens with zero attached hydrogens (tertiary/aromatic N) is 2. The van der Waals surface area contributed by atoms with Crippen molar-refractivity contribution in [2.24, 2.45) is 0 Å². The molecule has 3 aromatic rings. The largest absolute Gasteiger partial charge is 0.506 e. The summed E-state index contributed by atoms with van der Waals surface area (Å²) in [7, 11) is 0. The molecule has 0 aliphatic carbocycles. The number of benzene rings is 2. The Morgan fingerprint density at radius 3 is 2.55 bits per heavy atom. The molecule has 1 aromatic heterocycles. The zero-order valence-corrected chi connectivity index (χ0v) is 11.7. The molecule has 4 nitrogen and oxygen atoms in total. The Morgan fingerprint density at radius 2 is 1.86 bits per heavy atom. The maximum atomic E-state index is 12.7. The maximum Gasteiger partial charge on any atom is 0.416 e. The number of rotatable bonds is 1. The van der Waals surface area contributed by atoms with Gasteiger partial charge in [0, 0.05) is 5.02 Å². The average Bonchev–Trinajstić information content (AvgIpc) is 2.75. The van der Waals surface area contributed by atoms with Gasteiger partial charge in [0.2, 0.25) is 5.95 Å². The highest BCUT2D eigenvalue weighted by molar-refractivity contribution is 6.30. The van der Waals surface area contributed by atoms with Crippen molar-refractivity contribution in [3.63, 3.8) is 0 Å². The first kappa shape index (κ1) is 14.5. The fraction of sp³-hybridized carbons (Fsp3) is 0.0714. The van der Waals surface area contributed by atoms with E-state index >= 15 is 0 Å². The molecule has 0 aliphatic rings. The van der Waals surface area contributed by atoms with Crippen molar-refractivity contribution in [2.75, 3.05) is 5.73 Å². The highest BCUT2D eigenvalue weighted by atomic mass is 35.5. The van der Waals surface area contributed by atoms with Gasteiger partial charge in [-0.15, -0.1) is 0 Å². The summed E-state index contributed by atoms with van der Waals surface area (Å²) >= 11 is 5.89. The summed E-state index contributed by atoms with van der Waals surface area (Å²) in [5, 5.41) is 10.3. The molecule has 3 N–H and O–H groups in total. The fourth-order valence-electron chi connectivity index (χ4n) is 2.20. The van der Waals surface area contributed by atoms with Gasteiger partial charge in [0.25, 0.3) is 0 Å². The first-order chi connectivity index (χ1) is 10.3. The lowest BCUT2D eigenvalue weighted by molar-refractivity contribution is -0.137. The van der Waals surface area contributed by atoms with E-state index < -0.39 is 11.7 Å². The van der Waals surface area contributed by atoms with Crippen molar-refractivity contribution in [1.82, 2.24) is 9.55 Å². The number of hydrogen-bond acceptors (Lipinski definition) is 3. The summed E-state index contributed by atoms with van der Waals surface area (Å²) in [5.41, 5.74) is 5.62. The molecule has 0 fully saturated rings. The second-order valence-corrected chi connectivity index (χ2v) is 5.08. The SMILES string of the molecule is Nc1nc2cc(C(F)(F)F)ccc2n1-c1cc(Cl)ccc1O. The van der Waals surface area contributed by atoms with E-state index in [4.69, 9.17) is 17.3 Å². The molecule has 3 rings (SSSR count). The molecule has 1 heterocycles. The van der Waals surface area contributed by atoms with Crippen LogP contribution in [0.2, 0.25) is 5.02 Å². The Kier molecular flexibility index (Phi) is 3.17. The van der Waals surface area contributed by atoms with Crippen LogP contribution in [0.4, 0.5) is 19.1 Å². The molecule has 114 valence electrons. The molecule has 2 aromatic carbocycles. The normalized spacial score (nSPS) is 12.0. The van der Waals surface area contributed by atoms with Crippen molar-refractivity contribution < 1.29 is 18.3 Å². The van der Waals surface area contributed by atoms with Crippen LogP contribution < -0.4 is 5.73 Å². The van der Waals surface area contributed by atoms with E-state index in [0.29, 0.717) is 10.5 Å². The number of imidazole rings is 1. The van der Waals surface area contributed by atoms with Gasteiger partial charge in [-0.05, 0) is 36.4 Å². The summed E-state index contributed by atoms with van der Waals surface area (Å²) in [4.78, 5) is 3.92. The van der Waals surface area contributed by atoms with Crippen molar-refractivity contribution in [1.29, 1.82) is 0 Å². The molecule has 22 heavy (non-hydrogen) atoms. The van der Waals surface area contributed by atoms with Crippen molar-refractivity contribution in [2.45, 2.75) is 6.18 Å². The van der Waals surface area contributed by atoms with Gasteiger partial charge in [0.15, 0.2) is 0 Å². The molecular formula is C14H9ClF3N3O. The minimum absolute atomic E-state index is 0.0492. The van der Waals surface area contributed by atoms with Crippen LogP contribution in [0.25, 0.3) is 16.7 Å². The van der Waals surface area contributed by atoms with Gasteiger partial charge in [0.1, 0.15) is 5.75 Å². The maximum absolute atomic E-state index is 12.7.